The van der Waals surface area contributed by atoms with Crippen molar-refractivity contribution in [1.29, 1.82) is 0 Å². The minimum Gasteiger partial charge on any atom is -0.324 e. The van der Waals surface area contributed by atoms with Crippen molar-refractivity contribution < 1.29 is 9.59 Å². The van der Waals surface area contributed by atoms with E-state index in [9.17, 15) is 9.59 Å². The lowest BCUT2D eigenvalue weighted by Crippen LogP contribution is -2.44. The van der Waals surface area contributed by atoms with Crippen LogP contribution in [0.4, 0.5) is 4.79 Å². The molecule has 1 saturated carbocycles. The summed E-state index contributed by atoms with van der Waals surface area (Å²) in [5, 5.41) is 6.42. The zero-order valence-electron chi connectivity index (χ0n) is 15.0. The van der Waals surface area contributed by atoms with E-state index in [4.69, 9.17) is 0 Å². The van der Waals surface area contributed by atoms with Gasteiger partial charge in [0.2, 0.25) is 0 Å². The summed E-state index contributed by atoms with van der Waals surface area (Å²) in [6.07, 6.45) is 4.82. The van der Waals surface area contributed by atoms with Crippen molar-refractivity contribution in [2.75, 3.05) is 13.1 Å². The topological polar surface area (TPSA) is 61.4 Å². The van der Waals surface area contributed by atoms with Crippen LogP contribution in [0.25, 0.3) is 0 Å². The molecule has 1 aromatic carbocycles. The number of hydrogen-bond acceptors (Lipinski definition) is 3. The normalized spacial score (nSPS) is 30.2. The van der Waals surface area contributed by atoms with Crippen molar-refractivity contribution in [3.63, 3.8) is 0 Å². The molecule has 2 atom stereocenters. The Morgan fingerprint density at radius 1 is 1.12 bits per heavy atom. The third-order valence-electron chi connectivity index (χ3n) is 6.17. The second-order valence-electron chi connectivity index (χ2n) is 8.27. The molecule has 0 radical (unpaired) electrons. The van der Waals surface area contributed by atoms with Crippen molar-refractivity contribution >= 4 is 11.9 Å². The highest BCUT2D eigenvalue weighted by atomic mass is 16.2. The molecule has 2 fully saturated rings. The molecule has 1 aliphatic heterocycles. The second kappa shape index (κ2) is 6.13. The lowest BCUT2D eigenvalue weighted by molar-refractivity contribution is -0.130. The van der Waals surface area contributed by atoms with E-state index in [-0.39, 0.29) is 11.9 Å². The number of nitrogens with one attached hydrogen (secondary N) is 2. The highest BCUT2D eigenvalue weighted by Crippen LogP contribution is 2.39. The van der Waals surface area contributed by atoms with Gasteiger partial charge in [-0.15, -0.1) is 0 Å². The fourth-order valence-electron chi connectivity index (χ4n) is 4.85. The lowest BCUT2D eigenvalue weighted by Gasteiger charge is -2.25. The number of hydrogen-bond donors (Lipinski definition) is 2. The van der Waals surface area contributed by atoms with Gasteiger partial charge in [0.15, 0.2) is 0 Å². The van der Waals surface area contributed by atoms with Crippen LogP contribution >= 0.6 is 0 Å². The molecule has 5 heteroatoms. The van der Waals surface area contributed by atoms with Crippen LogP contribution in [0, 0.1) is 11.8 Å². The summed E-state index contributed by atoms with van der Waals surface area (Å²) < 4.78 is 0. The lowest BCUT2D eigenvalue weighted by atomic mass is 9.94. The molecular weight excluding hydrogens is 314 g/mol. The average Bonchev–Trinajstić information content (AvgIpc) is 2.94. The number of amides is 3. The van der Waals surface area contributed by atoms with Crippen molar-refractivity contribution in [3.05, 3.63) is 35.4 Å². The largest absolute Gasteiger partial charge is 0.325 e. The number of rotatable bonds is 4. The fourth-order valence-corrected chi connectivity index (χ4v) is 4.85. The number of benzene rings is 1. The van der Waals surface area contributed by atoms with Crippen LogP contribution in [0.3, 0.4) is 0 Å². The van der Waals surface area contributed by atoms with Gasteiger partial charge < -0.3 is 10.6 Å². The van der Waals surface area contributed by atoms with Gasteiger partial charge in [-0.3, -0.25) is 9.69 Å². The first-order valence-electron chi connectivity index (χ1n) is 9.40. The maximum atomic E-state index is 12.3. The van der Waals surface area contributed by atoms with Crippen LogP contribution in [-0.4, -0.2) is 41.5 Å². The fraction of sp³-hybridized carbons (Fsp3) is 0.600. The second-order valence-corrected chi connectivity index (χ2v) is 8.27. The molecule has 2 bridgehead atoms. The molecule has 2 N–H and O–H groups in total. The van der Waals surface area contributed by atoms with Gasteiger partial charge in [-0.25, -0.2) is 4.79 Å². The zero-order chi connectivity index (χ0) is 17.6. The first kappa shape index (κ1) is 16.6. The van der Waals surface area contributed by atoms with E-state index in [0.29, 0.717) is 31.0 Å². The summed E-state index contributed by atoms with van der Waals surface area (Å²) in [5.74, 6) is 1.19. The van der Waals surface area contributed by atoms with Gasteiger partial charge in [-0.1, -0.05) is 24.3 Å². The predicted molar refractivity (Wildman–Crippen MR) is 96.2 cm³/mol. The number of fused-ring (bicyclic) bond motifs is 3. The molecule has 5 nitrogen and oxygen atoms in total. The molecule has 2 unspecified atom stereocenters. The first-order valence-corrected chi connectivity index (χ1v) is 9.40. The number of imide groups is 1. The van der Waals surface area contributed by atoms with Crippen molar-refractivity contribution in [2.24, 2.45) is 11.8 Å². The van der Waals surface area contributed by atoms with E-state index in [1.54, 1.807) is 13.8 Å². The number of carbonyl (C=O) groups is 2. The predicted octanol–water partition coefficient (Wildman–Crippen LogP) is 2.10. The van der Waals surface area contributed by atoms with Gasteiger partial charge in [0.1, 0.15) is 5.54 Å². The van der Waals surface area contributed by atoms with Gasteiger partial charge in [0, 0.05) is 19.1 Å². The molecule has 1 heterocycles. The van der Waals surface area contributed by atoms with Crippen LogP contribution in [0.5, 0.6) is 0 Å². The molecular formula is C20H27N3O2. The van der Waals surface area contributed by atoms with Crippen molar-refractivity contribution in [2.45, 2.75) is 51.1 Å². The minimum atomic E-state index is -0.778. The smallest absolute Gasteiger partial charge is 0.324 e. The Bertz CT molecular complexity index is 667. The molecule has 4 rings (SSSR count). The SMILES string of the molecule is CC1(C)NC(=O)N(CCNC2C3CCC2Cc2ccccc2C3)C1=O. The molecule has 3 aliphatic rings. The zero-order valence-corrected chi connectivity index (χ0v) is 15.0. The first-order chi connectivity index (χ1) is 12.0. The van der Waals surface area contributed by atoms with Gasteiger partial charge >= 0.3 is 6.03 Å². The molecule has 134 valence electrons. The van der Waals surface area contributed by atoms with E-state index >= 15 is 0 Å². The molecule has 25 heavy (non-hydrogen) atoms. The Hall–Kier alpha value is -1.88. The number of urea groups is 1. The summed E-state index contributed by atoms with van der Waals surface area (Å²) in [4.78, 5) is 25.6. The number of carbonyl (C=O) groups excluding carboxylic acids is 2. The monoisotopic (exact) mass is 341 g/mol. The third-order valence-corrected chi connectivity index (χ3v) is 6.17. The maximum Gasteiger partial charge on any atom is 0.325 e. The summed E-state index contributed by atoms with van der Waals surface area (Å²) in [6, 6.07) is 9.03. The summed E-state index contributed by atoms with van der Waals surface area (Å²) in [7, 11) is 0. The van der Waals surface area contributed by atoms with Crippen LogP contribution < -0.4 is 10.6 Å². The highest BCUT2D eigenvalue weighted by molar-refractivity contribution is 6.06. The summed E-state index contributed by atoms with van der Waals surface area (Å²) >= 11 is 0. The van der Waals surface area contributed by atoms with E-state index in [0.717, 1.165) is 12.8 Å². The minimum absolute atomic E-state index is 0.129. The van der Waals surface area contributed by atoms with Crippen molar-refractivity contribution in [1.82, 2.24) is 15.5 Å². The average molecular weight is 341 g/mol. The summed E-state index contributed by atoms with van der Waals surface area (Å²) in [6.45, 7) is 4.62. The van der Waals surface area contributed by atoms with E-state index in [1.807, 2.05) is 0 Å². The maximum absolute atomic E-state index is 12.3. The third kappa shape index (κ3) is 2.95. The van der Waals surface area contributed by atoms with Gasteiger partial charge in [-0.2, -0.15) is 0 Å². The van der Waals surface area contributed by atoms with E-state index < -0.39 is 5.54 Å². The quantitative estimate of drug-likeness (QED) is 0.825. The Morgan fingerprint density at radius 2 is 1.72 bits per heavy atom. The van der Waals surface area contributed by atoms with Crippen LogP contribution in [0.2, 0.25) is 0 Å². The Labute approximate surface area is 149 Å². The van der Waals surface area contributed by atoms with Crippen LogP contribution in [-0.2, 0) is 17.6 Å². The van der Waals surface area contributed by atoms with Crippen LogP contribution in [0.1, 0.15) is 37.8 Å². The molecule has 1 aromatic rings. The highest BCUT2D eigenvalue weighted by Gasteiger charge is 2.44. The molecule has 0 spiro atoms. The molecule has 0 aromatic heterocycles. The Balaban J connectivity index is 1.38. The Morgan fingerprint density at radius 3 is 2.24 bits per heavy atom. The van der Waals surface area contributed by atoms with Crippen LogP contribution in [0.15, 0.2) is 24.3 Å². The van der Waals surface area contributed by atoms with Gasteiger partial charge in [-0.05, 0) is 62.5 Å². The standard InChI is InChI=1S/C20H27N3O2/c1-20(2)18(24)23(19(25)22-20)10-9-21-17-15-7-8-16(17)12-14-6-4-3-5-13(14)11-15/h3-6,15-17,21H,7-12H2,1-2H3,(H,22,25). The number of nitrogens with zero attached hydrogens (tertiary/aromatic N) is 1. The van der Waals surface area contributed by atoms with E-state index in [2.05, 4.69) is 34.9 Å². The van der Waals surface area contributed by atoms with Gasteiger partial charge in [0.25, 0.3) is 5.91 Å². The van der Waals surface area contributed by atoms with Crippen molar-refractivity contribution in [3.8, 4) is 0 Å². The summed E-state index contributed by atoms with van der Waals surface area (Å²) in [5.41, 5.74) is 2.22. The Kier molecular flexibility index (Phi) is 4.07. The molecule has 1 saturated heterocycles. The molecule has 2 aliphatic carbocycles. The van der Waals surface area contributed by atoms with Gasteiger partial charge in [0.05, 0.1) is 0 Å². The molecule has 3 amide bonds. The van der Waals surface area contributed by atoms with E-state index in [1.165, 1.54) is 28.9 Å².